The molecule has 1 fully saturated rings. The first-order valence-corrected chi connectivity index (χ1v) is 9.70. The van der Waals surface area contributed by atoms with Crippen molar-refractivity contribution in [3.05, 3.63) is 77.6 Å². The van der Waals surface area contributed by atoms with Gasteiger partial charge in [0, 0.05) is 23.0 Å². The molecule has 2 heterocycles. The van der Waals surface area contributed by atoms with Gasteiger partial charge in [0.05, 0.1) is 24.4 Å². The molecule has 1 aliphatic carbocycles. The van der Waals surface area contributed by atoms with Crippen molar-refractivity contribution in [1.82, 2.24) is 15.0 Å². The van der Waals surface area contributed by atoms with Crippen LogP contribution in [-0.4, -0.2) is 27.5 Å². The minimum atomic E-state index is -0.356. The van der Waals surface area contributed by atoms with Crippen LogP contribution < -0.4 is 10.1 Å². The lowest BCUT2D eigenvalue weighted by atomic mass is 9.93. The Morgan fingerprint density at radius 1 is 1.17 bits per heavy atom. The molecule has 0 saturated heterocycles. The van der Waals surface area contributed by atoms with Crippen molar-refractivity contribution in [2.45, 2.75) is 32.6 Å². The molecule has 29 heavy (non-hydrogen) atoms. The molecule has 1 saturated carbocycles. The number of benzene rings is 1. The van der Waals surface area contributed by atoms with E-state index in [0.717, 1.165) is 29.1 Å². The first kappa shape index (κ1) is 19.1. The minimum Gasteiger partial charge on any atom is -0.489 e. The van der Waals surface area contributed by atoms with Crippen LogP contribution >= 0.6 is 0 Å². The summed E-state index contributed by atoms with van der Waals surface area (Å²) in [4.78, 5) is 25.8. The number of pyridine rings is 1. The lowest BCUT2D eigenvalue weighted by Gasteiger charge is -2.19. The van der Waals surface area contributed by atoms with Crippen molar-refractivity contribution in [2.75, 3.05) is 11.9 Å². The predicted octanol–water partition coefficient (Wildman–Crippen LogP) is 3.77. The van der Waals surface area contributed by atoms with Crippen LogP contribution in [0.15, 0.2) is 54.9 Å². The summed E-state index contributed by atoms with van der Waals surface area (Å²) in [5.74, 6) is 1.20. The Morgan fingerprint density at radius 2 is 1.97 bits per heavy atom. The summed E-state index contributed by atoms with van der Waals surface area (Å²) in [6.45, 7) is 6.06. The molecule has 0 aliphatic heterocycles. The number of nitrogens with zero attached hydrogens (tertiary/aromatic N) is 3. The number of carbonyl (C=O) groups excluding carboxylic acids is 1. The van der Waals surface area contributed by atoms with Crippen molar-refractivity contribution < 1.29 is 9.53 Å². The van der Waals surface area contributed by atoms with Gasteiger partial charge in [-0.15, -0.1) is 0 Å². The van der Waals surface area contributed by atoms with E-state index in [1.165, 1.54) is 0 Å². The molecule has 1 N–H and O–H groups in total. The fourth-order valence-electron chi connectivity index (χ4n) is 3.75. The Bertz CT molecular complexity index is 1040. The summed E-state index contributed by atoms with van der Waals surface area (Å²) in [6, 6.07) is 13.8. The number of anilines is 1. The maximum Gasteiger partial charge on any atom is 0.228 e. The average Bonchev–Trinajstić information content (AvgIpc) is 3.44. The fourth-order valence-corrected chi connectivity index (χ4v) is 3.75. The summed E-state index contributed by atoms with van der Waals surface area (Å²) in [7, 11) is 0. The molecular formula is C23H24N4O2. The van der Waals surface area contributed by atoms with Crippen LogP contribution in [0, 0.1) is 26.7 Å². The topological polar surface area (TPSA) is 77.0 Å². The molecule has 3 aromatic rings. The number of carbonyl (C=O) groups is 1. The smallest absolute Gasteiger partial charge is 0.228 e. The zero-order valence-corrected chi connectivity index (χ0v) is 16.8. The van der Waals surface area contributed by atoms with Gasteiger partial charge in [-0.05, 0) is 44.9 Å². The summed E-state index contributed by atoms with van der Waals surface area (Å²) >= 11 is 0. The first-order valence-electron chi connectivity index (χ1n) is 9.70. The third-order valence-electron chi connectivity index (χ3n) is 5.44. The van der Waals surface area contributed by atoms with Gasteiger partial charge in [-0.1, -0.05) is 30.3 Å². The third-order valence-corrected chi connectivity index (χ3v) is 5.44. The summed E-state index contributed by atoms with van der Waals surface area (Å²) in [6.07, 6.45) is 4.14. The molecular weight excluding hydrogens is 364 g/mol. The van der Waals surface area contributed by atoms with Crippen LogP contribution in [0.3, 0.4) is 0 Å². The molecule has 0 radical (unpaired) electrons. The molecule has 6 nitrogen and oxygen atoms in total. The normalized spacial score (nSPS) is 20.2. The van der Waals surface area contributed by atoms with E-state index in [4.69, 9.17) is 4.74 Å². The number of aromatic nitrogens is 3. The SMILES string of the molecule is Cc1cc(NC(=O)[C@@H]2C[C@@]2(COc2cnc(C)nc2C)c2ccccc2)ccn1. The Balaban J connectivity index is 1.54. The van der Waals surface area contributed by atoms with Gasteiger partial charge >= 0.3 is 0 Å². The van der Waals surface area contributed by atoms with Gasteiger partial charge in [-0.2, -0.15) is 0 Å². The zero-order chi connectivity index (χ0) is 20.4. The third kappa shape index (κ3) is 3.97. The van der Waals surface area contributed by atoms with Gasteiger partial charge in [0.2, 0.25) is 5.91 Å². The van der Waals surface area contributed by atoms with Crippen molar-refractivity contribution >= 4 is 11.6 Å². The first-order chi connectivity index (χ1) is 14.0. The van der Waals surface area contributed by atoms with Crippen LogP contribution in [0.2, 0.25) is 0 Å². The minimum absolute atomic E-state index is 0.0000638. The lowest BCUT2D eigenvalue weighted by Crippen LogP contribution is -2.26. The number of hydrogen-bond acceptors (Lipinski definition) is 5. The van der Waals surface area contributed by atoms with Crippen molar-refractivity contribution in [3.63, 3.8) is 0 Å². The molecule has 0 spiro atoms. The molecule has 0 unspecified atom stereocenters. The van der Waals surface area contributed by atoms with E-state index in [0.29, 0.717) is 18.2 Å². The van der Waals surface area contributed by atoms with Gasteiger partial charge in [-0.25, -0.2) is 9.97 Å². The van der Waals surface area contributed by atoms with Gasteiger partial charge in [0.25, 0.3) is 0 Å². The highest BCUT2D eigenvalue weighted by atomic mass is 16.5. The molecule has 2 atom stereocenters. The van der Waals surface area contributed by atoms with Crippen molar-refractivity contribution in [3.8, 4) is 5.75 Å². The monoisotopic (exact) mass is 388 g/mol. The second kappa shape index (κ2) is 7.62. The molecule has 6 heteroatoms. The van der Waals surface area contributed by atoms with Gasteiger partial charge in [0.1, 0.15) is 5.82 Å². The van der Waals surface area contributed by atoms with E-state index in [2.05, 4.69) is 32.4 Å². The van der Waals surface area contributed by atoms with Crippen LogP contribution in [0.1, 0.15) is 29.2 Å². The van der Waals surface area contributed by atoms with E-state index in [1.54, 1.807) is 18.5 Å². The van der Waals surface area contributed by atoms with Gasteiger partial charge in [0.15, 0.2) is 5.75 Å². The quantitative estimate of drug-likeness (QED) is 0.695. The number of hydrogen-bond donors (Lipinski definition) is 1. The van der Waals surface area contributed by atoms with E-state index < -0.39 is 0 Å². The highest BCUT2D eigenvalue weighted by Crippen LogP contribution is 2.55. The molecule has 1 aromatic carbocycles. The molecule has 0 bridgehead atoms. The summed E-state index contributed by atoms with van der Waals surface area (Å²) in [5, 5.41) is 3.03. The largest absolute Gasteiger partial charge is 0.489 e. The van der Waals surface area contributed by atoms with Gasteiger partial charge < -0.3 is 10.1 Å². The standard InChI is InChI=1S/C23H24N4O2/c1-15-11-19(9-10-24-15)27-22(28)20-12-23(20,18-7-5-4-6-8-18)14-29-21-13-25-17(3)26-16(21)2/h4-11,13,20H,12,14H2,1-3H3,(H,24,27,28)/t20-,23+/m0/s1. The molecule has 2 aromatic heterocycles. The zero-order valence-electron chi connectivity index (χ0n) is 16.8. The van der Waals surface area contributed by atoms with Crippen molar-refractivity contribution in [1.29, 1.82) is 0 Å². The van der Waals surface area contributed by atoms with E-state index in [1.807, 2.05) is 45.0 Å². The average molecular weight is 388 g/mol. The summed E-state index contributed by atoms with van der Waals surface area (Å²) in [5.41, 5.74) is 3.18. The van der Waals surface area contributed by atoms with E-state index >= 15 is 0 Å². The molecule has 1 aliphatic rings. The number of nitrogens with one attached hydrogen (secondary N) is 1. The Morgan fingerprint density at radius 3 is 2.69 bits per heavy atom. The molecule has 148 valence electrons. The van der Waals surface area contributed by atoms with Crippen molar-refractivity contribution in [2.24, 2.45) is 5.92 Å². The fraction of sp³-hybridized carbons (Fsp3) is 0.304. The summed E-state index contributed by atoms with van der Waals surface area (Å²) < 4.78 is 6.11. The number of aryl methyl sites for hydroxylation is 3. The van der Waals surface area contributed by atoms with Crippen LogP contribution in [-0.2, 0) is 10.2 Å². The second-order valence-electron chi connectivity index (χ2n) is 7.61. The number of amides is 1. The molecule has 1 amide bonds. The maximum atomic E-state index is 13.0. The number of rotatable bonds is 6. The predicted molar refractivity (Wildman–Crippen MR) is 111 cm³/mol. The van der Waals surface area contributed by atoms with Crippen LogP contribution in [0.25, 0.3) is 0 Å². The lowest BCUT2D eigenvalue weighted by molar-refractivity contribution is -0.117. The Labute approximate surface area is 170 Å². The Kier molecular flexibility index (Phi) is 5.01. The second-order valence-corrected chi connectivity index (χ2v) is 7.61. The van der Waals surface area contributed by atoms with Crippen LogP contribution in [0.5, 0.6) is 5.75 Å². The van der Waals surface area contributed by atoms with E-state index in [-0.39, 0.29) is 17.2 Å². The molecule has 4 rings (SSSR count). The highest BCUT2D eigenvalue weighted by Gasteiger charge is 2.60. The van der Waals surface area contributed by atoms with Crippen LogP contribution in [0.4, 0.5) is 5.69 Å². The van der Waals surface area contributed by atoms with E-state index in [9.17, 15) is 4.79 Å². The number of ether oxygens (including phenoxy) is 1. The highest BCUT2D eigenvalue weighted by molar-refractivity contribution is 5.96. The Hall–Kier alpha value is -3.28. The maximum absolute atomic E-state index is 13.0. The van der Waals surface area contributed by atoms with Gasteiger partial charge in [-0.3, -0.25) is 9.78 Å².